The number of halogens is 3. The number of nitrogens with zero attached hydrogens (tertiary/aromatic N) is 3. The van der Waals surface area contributed by atoms with Gasteiger partial charge in [-0.1, -0.05) is 41.9 Å². The number of para-hydroxylation sites is 2. The first-order valence-corrected chi connectivity index (χ1v) is 11.6. The van der Waals surface area contributed by atoms with Crippen LogP contribution < -0.4 is 10.2 Å². The van der Waals surface area contributed by atoms with Crippen molar-refractivity contribution in [3.63, 3.8) is 0 Å². The van der Waals surface area contributed by atoms with Crippen molar-refractivity contribution in [3.8, 4) is 5.75 Å². The second-order valence-corrected chi connectivity index (χ2v) is 9.28. The highest BCUT2D eigenvalue weighted by Crippen LogP contribution is 2.30. The molecule has 152 valence electrons. The third kappa shape index (κ3) is 4.73. The van der Waals surface area contributed by atoms with Gasteiger partial charge >= 0.3 is 0 Å². The molecule has 0 unspecified atom stereocenters. The van der Waals surface area contributed by atoms with Crippen molar-refractivity contribution in [3.05, 3.63) is 84.0 Å². The summed E-state index contributed by atoms with van der Waals surface area (Å²) < 4.78 is 10.0. The van der Waals surface area contributed by atoms with E-state index in [1.165, 1.54) is 0 Å². The molecule has 0 fully saturated rings. The summed E-state index contributed by atoms with van der Waals surface area (Å²) in [4.78, 5) is 4.56. The maximum atomic E-state index is 6.23. The zero-order chi connectivity index (χ0) is 21.1. The number of anilines is 1. The van der Waals surface area contributed by atoms with Crippen LogP contribution in [0.15, 0.2) is 65.8 Å². The van der Waals surface area contributed by atoms with Gasteiger partial charge in [0.05, 0.1) is 24.4 Å². The molecule has 1 aromatic heterocycles. The third-order valence-corrected chi connectivity index (χ3v) is 6.49. The average molecular weight is 643 g/mol. The van der Waals surface area contributed by atoms with Gasteiger partial charge in [0.25, 0.3) is 0 Å². The molecule has 0 saturated heterocycles. The molecule has 0 aliphatic heterocycles. The molecule has 8 heteroatoms. The van der Waals surface area contributed by atoms with Gasteiger partial charge in [-0.2, -0.15) is 5.10 Å². The molecular formula is C22H17ClI2N4O. The summed E-state index contributed by atoms with van der Waals surface area (Å²) in [6, 6.07) is 19.8. The maximum absolute atomic E-state index is 6.23. The minimum absolute atomic E-state index is 0.424. The molecule has 4 rings (SSSR count). The monoisotopic (exact) mass is 642 g/mol. The number of nitrogens with one attached hydrogen (secondary N) is 1. The molecule has 1 N–H and O–H groups in total. The molecule has 1 heterocycles. The predicted molar refractivity (Wildman–Crippen MR) is 140 cm³/mol. The fraction of sp³-hybridized carbons (Fsp3) is 0.0909. The molecule has 0 spiro atoms. The Kier molecular flexibility index (Phi) is 6.79. The SMILES string of the molecule is Cn1c(N/N=C\c2cc(I)c(OCc3ccccc3Cl)c(I)c2)nc2ccccc21. The van der Waals surface area contributed by atoms with Crippen LogP contribution >= 0.6 is 56.8 Å². The Morgan fingerprint density at radius 1 is 1.10 bits per heavy atom. The summed E-state index contributed by atoms with van der Waals surface area (Å²) in [5.41, 5.74) is 6.95. The lowest BCUT2D eigenvalue weighted by Crippen LogP contribution is -2.01. The van der Waals surface area contributed by atoms with Crippen molar-refractivity contribution in [2.75, 3.05) is 5.43 Å². The highest BCUT2D eigenvalue weighted by Gasteiger charge is 2.10. The van der Waals surface area contributed by atoms with Gasteiger partial charge < -0.3 is 9.30 Å². The van der Waals surface area contributed by atoms with Crippen LogP contribution in [0.2, 0.25) is 5.02 Å². The van der Waals surface area contributed by atoms with Crippen molar-refractivity contribution in [1.29, 1.82) is 0 Å². The van der Waals surface area contributed by atoms with E-state index in [0.29, 0.717) is 17.6 Å². The molecule has 30 heavy (non-hydrogen) atoms. The summed E-state index contributed by atoms with van der Waals surface area (Å²) in [6.45, 7) is 0.424. The van der Waals surface area contributed by atoms with Gasteiger partial charge in [-0.15, -0.1) is 0 Å². The molecule has 0 bridgehead atoms. The van der Waals surface area contributed by atoms with Crippen LogP contribution in [0.25, 0.3) is 11.0 Å². The van der Waals surface area contributed by atoms with Crippen LogP contribution in [0.1, 0.15) is 11.1 Å². The number of imidazole rings is 1. The molecule has 0 aliphatic carbocycles. The van der Waals surface area contributed by atoms with Gasteiger partial charge in [-0.05, 0) is 81.1 Å². The maximum Gasteiger partial charge on any atom is 0.224 e. The first-order chi connectivity index (χ1) is 14.5. The zero-order valence-electron chi connectivity index (χ0n) is 15.9. The molecule has 0 radical (unpaired) electrons. The number of hydrogen-bond acceptors (Lipinski definition) is 4. The van der Waals surface area contributed by atoms with E-state index in [-0.39, 0.29) is 0 Å². The number of aryl methyl sites for hydroxylation is 1. The van der Waals surface area contributed by atoms with Crippen LogP contribution in [0, 0.1) is 7.14 Å². The Bertz CT molecular complexity index is 1220. The molecule has 0 atom stereocenters. The zero-order valence-corrected chi connectivity index (χ0v) is 21.0. The number of aromatic nitrogens is 2. The van der Waals surface area contributed by atoms with Crippen LogP contribution in [-0.4, -0.2) is 15.8 Å². The fourth-order valence-electron chi connectivity index (χ4n) is 2.97. The normalized spacial score (nSPS) is 11.3. The number of hydrazone groups is 1. The summed E-state index contributed by atoms with van der Waals surface area (Å²) >= 11 is 10.8. The molecule has 4 aromatic rings. The van der Waals surface area contributed by atoms with Crippen LogP contribution in [0.3, 0.4) is 0 Å². The van der Waals surface area contributed by atoms with Gasteiger partial charge in [0.1, 0.15) is 12.4 Å². The van der Waals surface area contributed by atoms with Crippen molar-refractivity contribution in [2.24, 2.45) is 12.1 Å². The van der Waals surface area contributed by atoms with Crippen LogP contribution in [-0.2, 0) is 13.7 Å². The van der Waals surface area contributed by atoms with Crippen molar-refractivity contribution in [1.82, 2.24) is 9.55 Å². The number of benzene rings is 3. The minimum Gasteiger partial charge on any atom is -0.487 e. The lowest BCUT2D eigenvalue weighted by Gasteiger charge is -2.12. The van der Waals surface area contributed by atoms with E-state index in [9.17, 15) is 0 Å². The summed E-state index contributed by atoms with van der Waals surface area (Å²) in [5, 5.41) is 5.07. The van der Waals surface area contributed by atoms with E-state index in [2.05, 4.69) is 60.7 Å². The lowest BCUT2D eigenvalue weighted by atomic mass is 10.2. The van der Waals surface area contributed by atoms with Gasteiger partial charge in [0, 0.05) is 17.6 Å². The van der Waals surface area contributed by atoms with E-state index >= 15 is 0 Å². The minimum atomic E-state index is 0.424. The van der Waals surface area contributed by atoms with Crippen LogP contribution in [0.5, 0.6) is 5.75 Å². The third-order valence-electron chi connectivity index (χ3n) is 4.52. The van der Waals surface area contributed by atoms with Crippen molar-refractivity contribution >= 4 is 80.0 Å². The fourth-order valence-corrected chi connectivity index (χ4v) is 5.29. The highest BCUT2D eigenvalue weighted by molar-refractivity contribution is 14.1. The second kappa shape index (κ2) is 9.52. The first-order valence-electron chi connectivity index (χ1n) is 9.08. The van der Waals surface area contributed by atoms with Crippen molar-refractivity contribution < 1.29 is 4.74 Å². The smallest absolute Gasteiger partial charge is 0.224 e. The van der Waals surface area contributed by atoms with Crippen LogP contribution in [0.4, 0.5) is 5.95 Å². The standard InChI is InChI=1S/C22H17ClI2N4O/c1-29-20-9-5-4-8-19(20)27-22(29)28-26-12-14-10-17(24)21(18(25)11-14)30-13-15-6-2-3-7-16(15)23/h2-12H,13H2,1H3,(H,27,28)/b26-12-. The van der Waals surface area contributed by atoms with E-state index in [0.717, 1.165) is 35.1 Å². The highest BCUT2D eigenvalue weighted by atomic mass is 127. The predicted octanol–water partition coefficient (Wildman–Crippen LogP) is 6.46. The van der Waals surface area contributed by atoms with E-state index in [4.69, 9.17) is 16.3 Å². The Labute approximate surface area is 206 Å². The Balaban J connectivity index is 1.47. The Hall–Kier alpha value is -1.85. The van der Waals surface area contributed by atoms with Gasteiger partial charge in [0.15, 0.2) is 0 Å². The molecule has 5 nitrogen and oxygen atoms in total. The quantitative estimate of drug-likeness (QED) is 0.149. The van der Waals surface area contributed by atoms with E-state index < -0.39 is 0 Å². The molecule has 0 aliphatic rings. The van der Waals surface area contributed by atoms with E-state index in [1.807, 2.05) is 72.3 Å². The van der Waals surface area contributed by atoms with Gasteiger partial charge in [0.2, 0.25) is 5.95 Å². The number of hydrogen-bond donors (Lipinski definition) is 1. The average Bonchev–Trinajstić information content (AvgIpc) is 3.05. The number of rotatable bonds is 6. The first kappa shape index (κ1) is 21.4. The lowest BCUT2D eigenvalue weighted by molar-refractivity contribution is 0.302. The molecule has 0 saturated carbocycles. The van der Waals surface area contributed by atoms with Gasteiger partial charge in [-0.3, -0.25) is 0 Å². The summed E-state index contributed by atoms with van der Waals surface area (Å²) in [6.07, 6.45) is 1.78. The van der Waals surface area contributed by atoms with Gasteiger partial charge in [-0.25, -0.2) is 10.4 Å². The summed E-state index contributed by atoms with van der Waals surface area (Å²) in [5.74, 6) is 1.54. The Morgan fingerprint density at radius 3 is 2.53 bits per heavy atom. The second-order valence-electron chi connectivity index (χ2n) is 6.55. The molecular weight excluding hydrogens is 626 g/mol. The van der Waals surface area contributed by atoms with Crippen molar-refractivity contribution in [2.45, 2.75) is 6.61 Å². The topological polar surface area (TPSA) is 51.4 Å². The number of ether oxygens (including phenoxy) is 1. The molecule has 0 amide bonds. The number of fused-ring (bicyclic) bond motifs is 1. The van der Waals surface area contributed by atoms with E-state index in [1.54, 1.807) is 6.21 Å². The Morgan fingerprint density at radius 2 is 1.80 bits per heavy atom. The largest absolute Gasteiger partial charge is 0.487 e. The molecule has 3 aromatic carbocycles. The summed E-state index contributed by atoms with van der Waals surface area (Å²) in [7, 11) is 1.96.